The van der Waals surface area contributed by atoms with Crippen LogP contribution in [0, 0.1) is 5.41 Å². The van der Waals surface area contributed by atoms with Crippen LogP contribution in [0.5, 0.6) is 0 Å². The molecule has 0 spiro atoms. The normalized spacial score (nSPS) is 19.8. The molecule has 2 heterocycles. The minimum atomic E-state index is -0.198. The Morgan fingerprint density at radius 1 is 1.24 bits per heavy atom. The molecule has 25 heavy (non-hydrogen) atoms. The molecule has 1 aromatic rings. The second kappa shape index (κ2) is 8.65. The molecule has 0 bridgehead atoms. The maximum absolute atomic E-state index is 12.7. The van der Waals surface area contributed by atoms with Crippen LogP contribution in [-0.4, -0.2) is 37.7 Å². The van der Waals surface area contributed by atoms with Crippen LogP contribution >= 0.6 is 0 Å². The zero-order valence-corrected chi connectivity index (χ0v) is 15.4. The number of ether oxygens (including phenoxy) is 1. The standard InChI is InChI=1S/C20H31N3O2/c1-25-14-10-20(8-6-9-20)19(24)22-16-17-7-11-21-18(15-17)23-12-4-2-3-5-13-23/h7,11,15H,2-6,8-10,12-14,16H2,1H3,(H,22,24). The van der Waals surface area contributed by atoms with Crippen LogP contribution in [0.25, 0.3) is 0 Å². The average Bonchev–Trinajstić information content (AvgIpc) is 2.89. The van der Waals surface area contributed by atoms with E-state index < -0.39 is 0 Å². The molecule has 0 aromatic carbocycles. The van der Waals surface area contributed by atoms with Gasteiger partial charge in [-0.05, 0) is 49.8 Å². The number of hydrogen-bond donors (Lipinski definition) is 1. The van der Waals surface area contributed by atoms with Gasteiger partial charge in [0.1, 0.15) is 5.82 Å². The van der Waals surface area contributed by atoms with Crippen LogP contribution in [0.4, 0.5) is 5.82 Å². The van der Waals surface area contributed by atoms with E-state index >= 15 is 0 Å². The minimum absolute atomic E-state index is 0.184. The van der Waals surface area contributed by atoms with Gasteiger partial charge in [0, 0.05) is 39.5 Å². The van der Waals surface area contributed by atoms with Crippen LogP contribution in [0.1, 0.15) is 56.9 Å². The molecule has 138 valence electrons. The van der Waals surface area contributed by atoms with E-state index in [1.54, 1.807) is 7.11 Å². The third-order valence-corrected chi connectivity index (χ3v) is 5.77. The summed E-state index contributed by atoms with van der Waals surface area (Å²) in [5, 5.41) is 3.15. The summed E-state index contributed by atoms with van der Waals surface area (Å²) in [6.07, 6.45) is 10.9. The zero-order valence-electron chi connectivity index (χ0n) is 15.4. The Morgan fingerprint density at radius 3 is 2.64 bits per heavy atom. The Bertz CT molecular complexity index is 564. The van der Waals surface area contributed by atoms with Gasteiger partial charge in [-0.3, -0.25) is 4.79 Å². The quantitative estimate of drug-likeness (QED) is 0.824. The summed E-state index contributed by atoms with van der Waals surface area (Å²) >= 11 is 0. The van der Waals surface area contributed by atoms with Crippen LogP contribution in [0.3, 0.4) is 0 Å². The summed E-state index contributed by atoms with van der Waals surface area (Å²) in [4.78, 5) is 19.6. The Hall–Kier alpha value is -1.62. The maximum Gasteiger partial charge on any atom is 0.226 e. The first-order valence-electron chi connectivity index (χ1n) is 9.71. The summed E-state index contributed by atoms with van der Waals surface area (Å²) in [5.41, 5.74) is 0.931. The number of anilines is 1. The van der Waals surface area contributed by atoms with E-state index in [2.05, 4.69) is 21.3 Å². The molecule has 1 aromatic heterocycles. The second-order valence-electron chi connectivity index (χ2n) is 7.48. The number of methoxy groups -OCH3 is 1. The lowest BCUT2D eigenvalue weighted by atomic mass is 9.66. The monoisotopic (exact) mass is 345 g/mol. The Morgan fingerprint density at radius 2 is 2.00 bits per heavy atom. The summed E-state index contributed by atoms with van der Waals surface area (Å²) in [5.74, 6) is 1.23. The maximum atomic E-state index is 12.7. The number of aromatic nitrogens is 1. The number of carbonyl (C=O) groups is 1. The van der Waals surface area contributed by atoms with Gasteiger partial charge in [-0.1, -0.05) is 19.3 Å². The number of nitrogens with one attached hydrogen (secondary N) is 1. The van der Waals surface area contributed by atoms with Gasteiger partial charge in [0.15, 0.2) is 0 Å². The number of amides is 1. The second-order valence-corrected chi connectivity index (χ2v) is 7.48. The van der Waals surface area contributed by atoms with E-state index in [1.807, 2.05) is 12.3 Å². The smallest absolute Gasteiger partial charge is 0.226 e. The van der Waals surface area contributed by atoms with Gasteiger partial charge in [0.25, 0.3) is 0 Å². The molecule has 5 nitrogen and oxygen atoms in total. The fourth-order valence-corrected chi connectivity index (χ4v) is 3.90. The molecule has 1 saturated carbocycles. The summed E-state index contributed by atoms with van der Waals surface area (Å²) < 4.78 is 5.19. The third-order valence-electron chi connectivity index (χ3n) is 5.77. The predicted molar refractivity (Wildman–Crippen MR) is 99.5 cm³/mol. The van der Waals surface area contributed by atoms with Gasteiger partial charge in [-0.15, -0.1) is 0 Å². The first-order chi connectivity index (χ1) is 12.2. The highest BCUT2D eigenvalue weighted by Crippen LogP contribution is 2.44. The molecule has 3 rings (SSSR count). The van der Waals surface area contributed by atoms with Crippen molar-refractivity contribution in [3.05, 3.63) is 23.9 Å². The van der Waals surface area contributed by atoms with Crippen LogP contribution in [0.2, 0.25) is 0 Å². The van der Waals surface area contributed by atoms with E-state index in [1.165, 1.54) is 25.7 Å². The molecular formula is C20H31N3O2. The van der Waals surface area contributed by atoms with Gasteiger partial charge >= 0.3 is 0 Å². The van der Waals surface area contributed by atoms with Crippen molar-refractivity contribution in [2.45, 2.75) is 57.9 Å². The minimum Gasteiger partial charge on any atom is -0.385 e. The largest absolute Gasteiger partial charge is 0.385 e. The van der Waals surface area contributed by atoms with E-state index in [0.717, 1.165) is 50.2 Å². The van der Waals surface area contributed by atoms with E-state index in [0.29, 0.717) is 13.2 Å². The van der Waals surface area contributed by atoms with Crippen molar-refractivity contribution < 1.29 is 9.53 Å². The molecule has 2 aliphatic rings. The van der Waals surface area contributed by atoms with E-state index in [9.17, 15) is 4.79 Å². The Kier molecular flexibility index (Phi) is 6.29. The first-order valence-corrected chi connectivity index (χ1v) is 9.71. The molecule has 1 aliphatic carbocycles. The lowest BCUT2D eigenvalue weighted by Crippen LogP contribution is -2.46. The highest BCUT2D eigenvalue weighted by Gasteiger charge is 2.43. The van der Waals surface area contributed by atoms with E-state index in [4.69, 9.17) is 4.74 Å². The van der Waals surface area contributed by atoms with Gasteiger partial charge in [-0.2, -0.15) is 0 Å². The summed E-state index contributed by atoms with van der Waals surface area (Å²) in [6.45, 7) is 3.41. The SMILES string of the molecule is COCCC1(C(=O)NCc2ccnc(N3CCCCCC3)c2)CCC1. The molecule has 1 amide bonds. The summed E-state index contributed by atoms with van der Waals surface area (Å²) in [7, 11) is 1.70. The van der Waals surface area contributed by atoms with Crippen molar-refractivity contribution >= 4 is 11.7 Å². The fourth-order valence-electron chi connectivity index (χ4n) is 3.90. The van der Waals surface area contributed by atoms with Gasteiger partial charge in [0.05, 0.1) is 5.41 Å². The molecular weight excluding hydrogens is 314 g/mol. The molecule has 1 saturated heterocycles. The van der Waals surface area contributed by atoms with Crippen molar-refractivity contribution in [1.82, 2.24) is 10.3 Å². The molecule has 2 fully saturated rings. The predicted octanol–water partition coefficient (Wildman–Crippen LogP) is 3.29. The highest BCUT2D eigenvalue weighted by atomic mass is 16.5. The number of carbonyl (C=O) groups excluding carboxylic acids is 1. The summed E-state index contributed by atoms with van der Waals surface area (Å²) in [6, 6.07) is 4.14. The van der Waals surface area contributed by atoms with Crippen molar-refractivity contribution in [2.75, 3.05) is 31.7 Å². The third kappa shape index (κ3) is 4.51. The van der Waals surface area contributed by atoms with Crippen molar-refractivity contribution in [3.8, 4) is 0 Å². The van der Waals surface area contributed by atoms with E-state index in [-0.39, 0.29) is 11.3 Å². The molecule has 0 unspecified atom stereocenters. The molecule has 0 radical (unpaired) electrons. The average molecular weight is 345 g/mol. The van der Waals surface area contributed by atoms with Crippen LogP contribution in [0.15, 0.2) is 18.3 Å². The van der Waals surface area contributed by atoms with Crippen molar-refractivity contribution in [3.63, 3.8) is 0 Å². The fraction of sp³-hybridized carbons (Fsp3) is 0.700. The number of pyridine rings is 1. The Balaban J connectivity index is 1.57. The number of rotatable bonds is 7. The zero-order chi connectivity index (χ0) is 17.5. The topological polar surface area (TPSA) is 54.5 Å². The van der Waals surface area contributed by atoms with Crippen molar-refractivity contribution in [1.29, 1.82) is 0 Å². The molecule has 0 atom stereocenters. The van der Waals surface area contributed by atoms with Gasteiger partial charge < -0.3 is 15.0 Å². The van der Waals surface area contributed by atoms with Crippen LogP contribution < -0.4 is 10.2 Å². The van der Waals surface area contributed by atoms with Gasteiger partial charge in [-0.25, -0.2) is 4.98 Å². The molecule has 1 N–H and O–H groups in total. The van der Waals surface area contributed by atoms with Gasteiger partial charge in [0.2, 0.25) is 5.91 Å². The highest BCUT2D eigenvalue weighted by molar-refractivity contribution is 5.83. The molecule has 5 heteroatoms. The number of hydrogen-bond acceptors (Lipinski definition) is 4. The lowest BCUT2D eigenvalue weighted by molar-refractivity contribution is -0.137. The number of nitrogens with zero attached hydrogens (tertiary/aromatic N) is 2. The van der Waals surface area contributed by atoms with Crippen molar-refractivity contribution in [2.24, 2.45) is 5.41 Å². The molecule has 1 aliphatic heterocycles. The Labute approximate surface area is 151 Å². The van der Waals surface area contributed by atoms with Crippen LogP contribution in [-0.2, 0) is 16.1 Å². The first kappa shape index (κ1) is 18.2. The lowest BCUT2D eigenvalue weighted by Gasteiger charge is -2.40.